The molecular weight excluding hydrogens is 476 g/mol. The van der Waals surface area contributed by atoms with E-state index in [0.717, 1.165) is 51.4 Å². The first-order chi connectivity index (χ1) is 17.2. The number of hydrogen-bond donors (Lipinski definition) is 2. The molecular formula is C27H33ClN6O2. The zero-order chi connectivity index (χ0) is 26.4. The normalized spacial score (nSPS) is 16.1. The van der Waals surface area contributed by atoms with Gasteiger partial charge in [-0.25, -0.2) is 0 Å². The van der Waals surface area contributed by atoms with Crippen LogP contribution in [-0.2, 0) is 4.79 Å². The van der Waals surface area contributed by atoms with Crippen molar-refractivity contribution < 1.29 is 9.90 Å². The number of nitrogens with zero attached hydrogens (tertiary/aromatic N) is 5. The van der Waals surface area contributed by atoms with Crippen molar-refractivity contribution in [3.63, 3.8) is 0 Å². The fourth-order valence-electron chi connectivity index (χ4n) is 4.84. The van der Waals surface area contributed by atoms with Gasteiger partial charge >= 0.3 is 0 Å². The highest BCUT2D eigenvalue weighted by Crippen LogP contribution is 2.36. The van der Waals surface area contributed by atoms with Crippen molar-refractivity contribution in [2.75, 3.05) is 37.4 Å². The lowest BCUT2D eigenvalue weighted by Crippen LogP contribution is -2.36. The summed E-state index contributed by atoms with van der Waals surface area (Å²) in [6, 6.07) is 12.7. The highest BCUT2D eigenvalue weighted by Gasteiger charge is 2.24. The fourth-order valence-corrected chi connectivity index (χ4v) is 5.15. The molecule has 9 heteroatoms. The van der Waals surface area contributed by atoms with E-state index in [1.165, 1.54) is 12.8 Å². The van der Waals surface area contributed by atoms with Crippen LogP contribution in [0.1, 0.15) is 48.2 Å². The third kappa shape index (κ3) is 5.86. The number of benzene rings is 2. The fraction of sp³-hybridized carbons (Fsp3) is 0.407. The van der Waals surface area contributed by atoms with Crippen molar-refractivity contribution in [2.24, 2.45) is 0 Å². The van der Waals surface area contributed by atoms with E-state index < -0.39 is 0 Å². The minimum Gasteiger partial charge on any atom is -0.483 e. The van der Waals surface area contributed by atoms with E-state index in [2.05, 4.69) is 58.5 Å². The molecule has 0 saturated carbocycles. The molecule has 0 bridgehead atoms. The van der Waals surface area contributed by atoms with Gasteiger partial charge in [0.1, 0.15) is 0 Å². The van der Waals surface area contributed by atoms with Gasteiger partial charge in [0.05, 0.1) is 34.1 Å². The van der Waals surface area contributed by atoms with E-state index in [9.17, 15) is 5.26 Å². The summed E-state index contributed by atoms with van der Waals surface area (Å²) in [7, 11) is 4.30. The van der Waals surface area contributed by atoms with Crippen molar-refractivity contribution in [3.8, 4) is 6.07 Å². The molecule has 36 heavy (non-hydrogen) atoms. The van der Waals surface area contributed by atoms with Crippen LogP contribution in [0.15, 0.2) is 30.3 Å². The second kappa shape index (κ2) is 12.0. The zero-order valence-electron chi connectivity index (χ0n) is 21.4. The molecule has 2 N–H and O–H groups in total. The number of hydrogen-bond acceptors (Lipinski definition) is 7. The van der Waals surface area contributed by atoms with Crippen molar-refractivity contribution in [2.45, 2.75) is 45.7 Å². The van der Waals surface area contributed by atoms with Crippen molar-refractivity contribution in [3.05, 3.63) is 57.7 Å². The van der Waals surface area contributed by atoms with Crippen LogP contribution in [0.3, 0.4) is 0 Å². The van der Waals surface area contributed by atoms with Crippen LogP contribution < -0.4 is 10.2 Å². The van der Waals surface area contributed by atoms with Crippen LogP contribution >= 0.6 is 11.6 Å². The molecule has 1 fully saturated rings. The maximum Gasteiger partial charge on any atom is 0.290 e. The predicted molar refractivity (Wildman–Crippen MR) is 145 cm³/mol. The number of halogens is 1. The molecule has 3 aromatic rings. The van der Waals surface area contributed by atoms with Crippen molar-refractivity contribution in [1.82, 2.24) is 15.1 Å². The average molecular weight is 509 g/mol. The molecule has 1 saturated heterocycles. The summed E-state index contributed by atoms with van der Waals surface area (Å²) in [5.74, 6) is 0.717. The third-order valence-corrected chi connectivity index (χ3v) is 7.22. The van der Waals surface area contributed by atoms with Crippen LogP contribution in [0.25, 0.3) is 10.8 Å². The standard InChI is InChI=1S/C26H31ClN6.CH2O2/c1-16-19(14-28)8-6-10-21(16)17(2)29-26-23-13-25(24(27)12-22(23)18(3)30-31-26)33(5)15-20-9-7-11-32(20)4;2-1-3/h6,8,10,12-13,17,20H,7,9,11,15H2,1-5H3,(H,29,31);1H,(H,2,3)/t17-,20-;/m1./s1. The quantitative estimate of drug-likeness (QED) is 0.439. The van der Waals surface area contributed by atoms with E-state index in [4.69, 9.17) is 21.5 Å². The summed E-state index contributed by atoms with van der Waals surface area (Å²) in [4.78, 5) is 13.0. The van der Waals surface area contributed by atoms with Crippen molar-refractivity contribution >= 4 is 40.4 Å². The molecule has 1 aliphatic rings. The minimum atomic E-state index is -0.250. The maximum absolute atomic E-state index is 9.40. The van der Waals surface area contributed by atoms with E-state index in [-0.39, 0.29) is 12.5 Å². The number of likely N-dealkylation sites (tertiary alicyclic amines) is 1. The molecule has 0 amide bonds. The summed E-state index contributed by atoms with van der Waals surface area (Å²) in [6.45, 7) is 7.85. The number of rotatable bonds is 6. The number of nitrogens with one attached hydrogen (secondary N) is 1. The van der Waals surface area contributed by atoms with Gasteiger partial charge < -0.3 is 20.2 Å². The monoisotopic (exact) mass is 508 g/mol. The first kappa shape index (κ1) is 27.2. The zero-order valence-corrected chi connectivity index (χ0v) is 22.2. The first-order valence-corrected chi connectivity index (χ1v) is 12.3. The van der Waals surface area contributed by atoms with Crippen LogP contribution in [0.4, 0.5) is 11.5 Å². The maximum atomic E-state index is 9.40. The molecule has 0 aliphatic carbocycles. The number of carbonyl (C=O) groups is 1. The highest BCUT2D eigenvalue weighted by molar-refractivity contribution is 6.34. The van der Waals surface area contributed by atoms with Gasteiger partial charge in [-0.15, -0.1) is 5.10 Å². The summed E-state index contributed by atoms with van der Waals surface area (Å²) in [5.41, 5.74) is 4.58. The Hall–Kier alpha value is -3.41. The molecule has 0 radical (unpaired) electrons. The average Bonchev–Trinajstić information content (AvgIpc) is 3.25. The number of likely N-dealkylation sites (N-methyl/N-ethyl adjacent to an activating group) is 2. The first-order valence-electron chi connectivity index (χ1n) is 11.9. The molecule has 0 spiro atoms. The van der Waals surface area contributed by atoms with Gasteiger partial charge in [0, 0.05) is 30.4 Å². The molecule has 190 valence electrons. The lowest BCUT2D eigenvalue weighted by atomic mass is 9.98. The smallest absolute Gasteiger partial charge is 0.290 e. The van der Waals surface area contributed by atoms with Crippen molar-refractivity contribution in [1.29, 1.82) is 5.26 Å². The van der Waals surface area contributed by atoms with Crippen LogP contribution in [0, 0.1) is 25.2 Å². The van der Waals surface area contributed by atoms with Gasteiger partial charge in [0.25, 0.3) is 6.47 Å². The van der Waals surface area contributed by atoms with E-state index >= 15 is 0 Å². The predicted octanol–water partition coefficient (Wildman–Crippen LogP) is 5.18. The molecule has 1 aromatic heterocycles. The summed E-state index contributed by atoms with van der Waals surface area (Å²) < 4.78 is 0. The summed E-state index contributed by atoms with van der Waals surface area (Å²) in [6.07, 6.45) is 2.45. The molecule has 2 heterocycles. The molecule has 2 atom stereocenters. The molecule has 4 rings (SSSR count). The number of anilines is 2. The number of carboxylic acid groups (broad SMARTS) is 1. The van der Waals surface area contributed by atoms with Crippen LogP contribution in [0.2, 0.25) is 5.02 Å². The van der Waals surface area contributed by atoms with Gasteiger partial charge in [0.2, 0.25) is 0 Å². The second-order valence-electron chi connectivity index (χ2n) is 9.24. The molecule has 2 aromatic carbocycles. The van der Waals surface area contributed by atoms with Gasteiger partial charge in [-0.05, 0) is 76.5 Å². The number of fused-ring (bicyclic) bond motifs is 1. The Morgan fingerprint density at radius 2 is 2.06 bits per heavy atom. The lowest BCUT2D eigenvalue weighted by Gasteiger charge is -2.28. The number of aryl methyl sites for hydroxylation is 1. The summed E-state index contributed by atoms with van der Waals surface area (Å²) in [5, 5.41) is 31.4. The van der Waals surface area contributed by atoms with Crippen LogP contribution in [-0.4, -0.2) is 59.9 Å². The Morgan fingerprint density at radius 1 is 1.33 bits per heavy atom. The van der Waals surface area contributed by atoms with Crippen LogP contribution in [0.5, 0.6) is 0 Å². The minimum absolute atomic E-state index is 0.0393. The molecule has 1 aliphatic heterocycles. The SMILES string of the molecule is Cc1c(C#N)cccc1[C@@H](C)Nc1nnc(C)c2cc(Cl)c(N(C)C[C@H]3CCCN3C)cc12.O=CO. The highest BCUT2D eigenvalue weighted by atomic mass is 35.5. The molecule has 0 unspecified atom stereocenters. The number of nitriles is 1. The Bertz CT molecular complexity index is 1280. The van der Waals surface area contributed by atoms with E-state index in [0.29, 0.717) is 17.4 Å². The Labute approximate surface area is 217 Å². The topological polar surface area (TPSA) is 105 Å². The van der Waals surface area contributed by atoms with Gasteiger partial charge in [-0.2, -0.15) is 10.4 Å². The largest absolute Gasteiger partial charge is 0.483 e. The van der Waals surface area contributed by atoms with E-state index in [1.54, 1.807) is 0 Å². The summed E-state index contributed by atoms with van der Waals surface area (Å²) >= 11 is 6.75. The van der Waals surface area contributed by atoms with Gasteiger partial charge in [-0.1, -0.05) is 23.7 Å². The third-order valence-electron chi connectivity index (χ3n) is 6.92. The van der Waals surface area contributed by atoms with E-state index in [1.807, 2.05) is 38.1 Å². The Morgan fingerprint density at radius 3 is 2.69 bits per heavy atom. The second-order valence-corrected chi connectivity index (χ2v) is 9.65. The molecule has 8 nitrogen and oxygen atoms in total. The van der Waals surface area contributed by atoms with Gasteiger partial charge in [0.15, 0.2) is 5.82 Å². The van der Waals surface area contributed by atoms with Gasteiger partial charge in [-0.3, -0.25) is 4.79 Å². The Kier molecular flexibility index (Phi) is 9.08. The Balaban J connectivity index is 0.00000115. The number of aromatic nitrogens is 2. The lowest BCUT2D eigenvalue weighted by molar-refractivity contribution is -0.122.